The maximum absolute atomic E-state index is 12.0. The maximum Gasteiger partial charge on any atom is 0.289 e. The second-order valence-electron chi connectivity index (χ2n) is 3.40. The summed E-state index contributed by atoms with van der Waals surface area (Å²) in [7, 11) is 3.06. The molecule has 2 heterocycles. The highest BCUT2D eigenvalue weighted by Gasteiger charge is 2.19. The first-order valence-electron chi connectivity index (χ1n) is 4.97. The molecular formula is C11H12N2O2S2. The Morgan fingerprint density at radius 1 is 1.53 bits per heavy atom. The molecule has 4 nitrogen and oxygen atoms in total. The highest BCUT2D eigenvalue weighted by atomic mass is 32.1. The van der Waals surface area contributed by atoms with Gasteiger partial charge in [0, 0.05) is 7.05 Å². The number of nitrogens with zero attached hydrogens (tertiary/aromatic N) is 2. The number of aryl methyl sites for hydroxylation is 1. The topological polar surface area (TPSA) is 42.4 Å². The van der Waals surface area contributed by atoms with Crippen LogP contribution in [-0.4, -0.2) is 30.1 Å². The van der Waals surface area contributed by atoms with E-state index in [2.05, 4.69) is 4.98 Å². The monoisotopic (exact) mass is 268 g/mol. The lowest BCUT2D eigenvalue weighted by Crippen LogP contribution is -2.25. The highest BCUT2D eigenvalue weighted by Crippen LogP contribution is 2.31. The zero-order valence-corrected chi connectivity index (χ0v) is 11.4. The number of aromatic nitrogens is 1. The highest BCUT2D eigenvalue weighted by molar-refractivity contribution is 7.22. The van der Waals surface area contributed by atoms with Crippen LogP contribution in [0.25, 0.3) is 9.88 Å². The number of carbonyl (C=O) groups is 1. The fourth-order valence-corrected chi connectivity index (χ4v) is 3.16. The second-order valence-corrected chi connectivity index (χ2v) is 5.34. The summed E-state index contributed by atoms with van der Waals surface area (Å²) in [6, 6.07) is 3.97. The molecule has 0 aromatic carbocycles. The molecule has 0 bridgehead atoms. The van der Waals surface area contributed by atoms with E-state index >= 15 is 0 Å². The van der Waals surface area contributed by atoms with E-state index in [1.54, 1.807) is 18.4 Å². The van der Waals surface area contributed by atoms with Crippen molar-refractivity contribution in [3.8, 4) is 9.88 Å². The molecule has 90 valence electrons. The third-order valence-corrected chi connectivity index (χ3v) is 4.47. The van der Waals surface area contributed by atoms with Gasteiger partial charge in [-0.2, -0.15) is 0 Å². The first-order chi connectivity index (χ1) is 8.13. The van der Waals surface area contributed by atoms with E-state index in [0.29, 0.717) is 4.88 Å². The van der Waals surface area contributed by atoms with Gasteiger partial charge in [0.2, 0.25) is 0 Å². The summed E-state index contributed by atoms with van der Waals surface area (Å²) in [5.41, 5.74) is 0.743. The van der Waals surface area contributed by atoms with Gasteiger partial charge >= 0.3 is 0 Å². The Labute approximate surface area is 107 Å². The fraction of sp³-hybridized carbons (Fsp3) is 0.273. The molecule has 0 saturated carbocycles. The van der Waals surface area contributed by atoms with Crippen LogP contribution in [0, 0.1) is 6.92 Å². The van der Waals surface area contributed by atoms with Crippen LogP contribution in [-0.2, 0) is 4.84 Å². The molecule has 0 unspecified atom stereocenters. The van der Waals surface area contributed by atoms with Crippen LogP contribution in [0.3, 0.4) is 0 Å². The lowest BCUT2D eigenvalue weighted by atomic mass is 10.4. The van der Waals surface area contributed by atoms with Crippen molar-refractivity contribution in [3.05, 3.63) is 28.1 Å². The van der Waals surface area contributed by atoms with Gasteiger partial charge in [0.1, 0.15) is 9.88 Å². The molecule has 0 atom stereocenters. The van der Waals surface area contributed by atoms with Gasteiger partial charge in [-0.1, -0.05) is 6.07 Å². The van der Waals surface area contributed by atoms with Gasteiger partial charge in [-0.05, 0) is 18.4 Å². The molecule has 0 aliphatic rings. The van der Waals surface area contributed by atoms with Crippen molar-refractivity contribution in [1.82, 2.24) is 10.0 Å². The van der Waals surface area contributed by atoms with Crippen molar-refractivity contribution < 1.29 is 9.63 Å². The summed E-state index contributed by atoms with van der Waals surface area (Å²) in [6.07, 6.45) is 0. The van der Waals surface area contributed by atoms with E-state index in [4.69, 9.17) is 4.84 Å². The first kappa shape index (κ1) is 12.2. The molecule has 2 aromatic heterocycles. The Morgan fingerprint density at radius 2 is 2.29 bits per heavy atom. The second kappa shape index (κ2) is 4.95. The minimum atomic E-state index is -0.162. The number of thiazole rings is 1. The smallest absolute Gasteiger partial charge is 0.274 e. The summed E-state index contributed by atoms with van der Waals surface area (Å²) in [5, 5.41) is 4.08. The van der Waals surface area contributed by atoms with Crippen molar-refractivity contribution in [2.45, 2.75) is 6.92 Å². The molecule has 2 rings (SSSR count). The zero-order valence-electron chi connectivity index (χ0n) is 9.76. The molecule has 0 aliphatic carbocycles. The molecule has 6 heteroatoms. The normalized spacial score (nSPS) is 10.5. The first-order valence-corrected chi connectivity index (χ1v) is 6.66. The quantitative estimate of drug-likeness (QED) is 0.804. The molecule has 0 aliphatic heterocycles. The number of hydrogen-bond donors (Lipinski definition) is 0. The van der Waals surface area contributed by atoms with E-state index in [1.165, 1.54) is 23.5 Å². The summed E-state index contributed by atoms with van der Waals surface area (Å²) in [5.74, 6) is -0.162. The molecular weight excluding hydrogens is 256 g/mol. The van der Waals surface area contributed by atoms with E-state index in [-0.39, 0.29) is 5.91 Å². The lowest BCUT2D eigenvalue weighted by Gasteiger charge is -2.11. The van der Waals surface area contributed by atoms with Gasteiger partial charge in [-0.15, -0.1) is 22.7 Å². The number of thiophene rings is 1. The van der Waals surface area contributed by atoms with Crippen LogP contribution in [0.5, 0.6) is 0 Å². The lowest BCUT2D eigenvalue weighted by molar-refractivity contribution is -0.0754. The molecule has 0 radical (unpaired) electrons. The summed E-state index contributed by atoms with van der Waals surface area (Å²) in [4.78, 5) is 23.0. The molecule has 1 amide bonds. The van der Waals surface area contributed by atoms with Crippen LogP contribution < -0.4 is 0 Å². The van der Waals surface area contributed by atoms with E-state index in [1.807, 2.05) is 24.4 Å². The van der Waals surface area contributed by atoms with Crippen LogP contribution in [0.2, 0.25) is 0 Å². The van der Waals surface area contributed by atoms with E-state index in [9.17, 15) is 4.79 Å². The van der Waals surface area contributed by atoms with Crippen LogP contribution in [0.15, 0.2) is 17.5 Å². The van der Waals surface area contributed by atoms with Crippen LogP contribution >= 0.6 is 22.7 Å². The molecule has 2 aromatic rings. The van der Waals surface area contributed by atoms with Gasteiger partial charge in [-0.3, -0.25) is 9.63 Å². The average Bonchev–Trinajstić information content (AvgIpc) is 2.95. The predicted octanol–water partition coefficient (Wildman–Crippen LogP) is 2.81. The summed E-state index contributed by atoms with van der Waals surface area (Å²) < 4.78 is 0. The van der Waals surface area contributed by atoms with Crippen molar-refractivity contribution in [3.63, 3.8) is 0 Å². The minimum Gasteiger partial charge on any atom is -0.274 e. The summed E-state index contributed by atoms with van der Waals surface area (Å²) in [6.45, 7) is 1.84. The van der Waals surface area contributed by atoms with Gasteiger partial charge < -0.3 is 0 Å². The Morgan fingerprint density at radius 3 is 2.88 bits per heavy atom. The Hall–Kier alpha value is -1.24. The number of rotatable bonds is 3. The number of amides is 1. The van der Waals surface area contributed by atoms with Crippen molar-refractivity contribution >= 4 is 28.6 Å². The van der Waals surface area contributed by atoms with Gasteiger partial charge in [-0.25, -0.2) is 10.0 Å². The standard InChI is InChI=1S/C11H12N2O2S2/c1-7-9(11(14)13(2)15-3)17-10(12-7)8-5-4-6-16-8/h4-6H,1-3H3. The third kappa shape index (κ3) is 2.38. The number of carbonyl (C=O) groups excluding carboxylic acids is 1. The molecule has 0 spiro atoms. The number of hydrogen-bond acceptors (Lipinski definition) is 5. The molecule has 0 N–H and O–H groups in total. The third-order valence-electron chi connectivity index (χ3n) is 2.28. The minimum absolute atomic E-state index is 0.162. The Bertz CT molecular complexity index is 520. The molecule has 0 saturated heterocycles. The molecule has 17 heavy (non-hydrogen) atoms. The average molecular weight is 268 g/mol. The van der Waals surface area contributed by atoms with Crippen molar-refractivity contribution in [2.24, 2.45) is 0 Å². The maximum atomic E-state index is 12.0. The number of hydroxylamine groups is 2. The Kier molecular flexibility index (Phi) is 3.56. The van der Waals surface area contributed by atoms with Gasteiger partial charge in [0.25, 0.3) is 5.91 Å². The largest absolute Gasteiger partial charge is 0.289 e. The van der Waals surface area contributed by atoms with Gasteiger partial charge in [0.15, 0.2) is 0 Å². The van der Waals surface area contributed by atoms with E-state index < -0.39 is 0 Å². The SMILES string of the molecule is CON(C)C(=O)c1sc(-c2cccs2)nc1C. The Balaban J connectivity index is 2.34. The van der Waals surface area contributed by atoms with Crippen molar-refractivity contribution in [2.75, 3.05) is 14.2 Å². The van der Waals surface area contributed by atoms with Crippen LogP contribution in [0.4, 0.5) is 0 Å². The fourth-order valence-electron chi connectivity index (χ4n) is 1.33. The van der Waals surface area contributed by atoms with Crippen molar-refractivity contribution in [1.29, 1.82) is 0 Å². The van der Waals surface area contributed by atoms with E-state index in [0.717, 1.165) is 15.6 Å². The van der Waals surface area contributed by atoms with Gasteiger partial charge in [0.05, 0.1) is 17.7 Å². The predicted molar refractivity (Wildman–Crippen MR) is 69.3 cm³/mol. The van der Waals surface area contributed by atoms with Crippen LogP contribution in [0.1, 0.15) is 15.4 Å². The molecule has 0 fully saturated rings. The summed E-state index contributed by atoms with van der Waals surface area (Å²) >= 11 is 3.01. The zero-order chi connectivity index (χ0) is 12.4.